The maximum atomic E-state index is 11.3. The number of methoxy groups -OCH3 is 1. The minimum Gasteiger partial charge on any atom is -0.475 e. The van der Waals surface area contributed by atoms with Crippen LogP contribution in [0.25, 0.3) is 0 Å². The van der Waals surface area contributed by atoms with E-state index in [0.717, 1.165) is 10.9 Å². The highest BCUT2D eigenvalue weighted by atomic mass is 16.6. The van der Waals surface area contributed by atoms with Crippen molar-refractivity contribution < 1.29 is 19.6 Å². The number of amides is 1. The number of aliphatic hydroxyl groups is 1. The van der Waals surface area contributed by atoms with Crippen molar-refractivity contribution in [3.63, 3.8) is 0 Å². The van der Waals surface area contributed by atoms with E-state index < -0.39 is 10.8 Å². The van der Waals surface area contributed by atoms with Gasteiger partial charge in [0.2, 0.25) is 5.91 Å². The van der Waals surface area contributed by atoms with Gasteiger partial charge in [0.1, 0.15) is 12.7 Å². The summed E-state index contributed by atoms with van der Waals surface area (Å²) in [5, 5.41) is 25.2. The Morgan fingerprint density at radius 2 is 2.47 bits per heavy atom. The first-order valence-corrected chi connectivity index (χ1v) is 4.72. The van der Waals surface area contributed by atoms with Crippen LogP contribution in [0.1, 0.15) is 0 Å². The average Bonchev–Trinajstić information content (AvgIpc) is 2.69. The van der Waals surface area contributed by atoms with Crippen molar-refractivity contribution >= 4 is 11.6 Å². The van der Waals surface area contributed by atoms with E-state index in [1.807, 2.05) is 0 Å². The molecule has 1 aromatic heterocycles. The molecule has 1 amide bonds. The molecule has 1 heterocycles. The van der Waals surface area contributed by atoms with Crippen LogP contribution in [0.15, 0.2) is 6.20 Å². The van der Waals surface area contributed by atoms with Crippen LogP contribution in [0, 0.1) is 10.1 Å². The Bertz CT molecular complexity index is 416. The Morgan fingerprint density at radius 1 is 1.76 bits per heavy atom. The molecule has 9 nitrogen and oxygen atoms in total. The number of carbonyl (C=O) groups is 1. The number of aromatic nitrogens is 2. The number of rotatable bonds is 6. The largest absolute Gasteiger partial charge is 0.475 e. The van der Waals surface area contributed by atoms with Gasteiger partial charge in [-0.15, -0.1) is 5.10 Å². The average molecular weight is 244 g/mol. The van der Waals surface area contributed by atoms with Crippen molar-refractivity contribution in [2.24, 2.45) is 0 Å². The molecule has 94 valence electrons. The third-order valence-corrected chi connectivity index (χ3v) is 1.84. The molecule has 0 unspecified atom stereocenters. The van der Waals surface area contributed by atoms with Gasteiger partial charge < -0.3 is 15.2 Å². The van der Waals surface area contributed by atoms with E-state index in [2.05, 4.69) is 10.4 Å². The van der Waals surface area contributed by atoms with E-state index in [1.54, 1.807) is 0 Å². The summed E-state index contributed by atoms with van der Waals surface area (Å²) >= 11 is 0. The summed E-state index contributed by atoms with van der Waals surface area (Å²) in [5.74, 6) is -0.552. The lowest BCUT2D eigenvalue weighted by Gasteiger charge is -2.01. The molecule has 0 saturated heterocycles. The van der Waals surface area contributed by atoms with Gasteiger partial charge in [0.25, 0.3) is 0 Å². The number of carbonyl (C=O) groups excluding carboxylic acids is 1. The quantitative estimate of drug-likeness (QED) is 0.484. The second-order valence-electron chi connectivity index (χ2n) is 3.05. The SMILES string of the molecule is COc1nn(CC(=O)NCCO)cc1[N+](=O)[O-]. The number of ether oxygens (including phenoxy) is 1. The fourth-order valence-electron chi connectivity index (χ4n) is 1.14. The molecule has 0 bridgehead atoms. The Balaban J connectivity index is 2.72. The molecule has 0 aliphatic carbocycles. The number of hydrogen-bond acceptors (Lipinski definition) is 6. The zero-order valence-electron chi connectivity index (χ0n) is 9.12. The second-order valence-corrected chi connectivity index (χ2v) is 3.05. The highest BCUT2D eigenvalue weighted by molar-refractivity contribution is 5.75. The highest BCUT2D eigenvalue weighted by Crippen LogP contribution is 2.23. The van der Waals surface area contributed by atoms with Crippen LogP contribution in [-0.2, 0) is 11.3 Å². The van der Waals surface area contributed by atoms with Crippen molar-refractivity contribution in [1.82, 2.24) is 15.1 Å². The molecule has 1 aromatic rings. The van der Waals surface area contributed by atoms with Crippen molar-refractivity contribution in [3.05, 3.63) is 16.3 Å². The van der Waals surface area contributed by atoms with E-state index in [1.165, 1.54) is 7.11 Å². The molecule has 0 radical (unpaired) electrons. The lowest BCUT2D eigenvalue weighted by atomic mass is 10.5. The molecule has 0 spiro atoms. The minimum atomic E-state index is -0.645. The maximum absolute atomic E-state index is 11.3. The third-order valence-electron chi connectivity index (χ3n) is 1.84. The van der Waals surface area contributed by atoms with Crippen LogP contribution >= 0.6 is 0 Å². The van der Waals surface area contributed by atoms with Gasteiger partial charge in [0.05, 0.1) is 18.6 Å². The number of hydrogen-bond donors (Lipinski definition) is 2. The van der Waals surface area contributed by atoms with E-state index >= 15 is 0 Å². The molecule has 0 fully saturated rings. The van der Waals surface area contributed by atoms with Gasteiger partial charge in [-0.1, -0.05) is 0 Å². The van der Waals surface area contributed by atoms with E-state index in [4.69, 9.17) is 9.84 Å². The molecule has 2 N–H and O–H groups in total. The van der Waals surface area contributed by atoms with Crippen LogP contribution in [0.4, 0.5) is 5.69 Å². The fraction of sp³-hybridized carbons (Fsp3) is 0.500. The molecule has 0 saturated carbocycles. The molecule has 9 heteroatoms. The second kappa shape index (κ2) is 5.80. The maximum Gasteiger partial charge on any atom is 0.350 e. The predicted octanol–water partition coefficient (Wildman–Crippen LogP) is -1.09. The van der Waals surface area contributed by atoms with Crippen LogP contribution in [-0.4, -0.2) is 46.0 Å². The van der Waals surface area contributed by atoms with Crippen LogP contribution in [0.5, 0.6) is 5.88 Å². The summed E-state index contributed by atoms with van der Waals surface area (Å²) in [4.78, 5) is 21.2. The van der Waals surface area contributed by atoms with Crippen LogP contribution < -0.4 is 10.1 Å². The molecule has 1 rings (SSSR count). The van der Waals surface area contributed by atoms with E-state index in [-0.39, 0.29) is 31.3 Å². The summed E-state index contributed by atoms with van der Waals surface area (Å²) in [7, 11) is 1.26. The lowest BCUT2D eigenvalue weighted by molar-refractivity contribution is -0.385. The molecule has 0 atom stereocenters. The minimum absolute atomic E-state index is 0.124. The normalized spacial score (nSPS) is 10.0. The van der Waals surface area contributed by atoms with E-state index in [9.17, 15) is 14.9 Å². The molecule has 0 aliphatic heterocycles. The Labute approximate surface area is 96.1 Å². The monoisotopic (exact) mass is 244 g/mol. The zero-order valence-corrected chi connectivity index (χ0v) is 9.12. The topological polar surface area (TPSA) is 120 Å². The summed E-state index contributed by atoms with van der Waals surface area (Å²) in [6.07, 6.45) is 1.11. The van der Waals surface area contributed by atoms with E-state index in [0.29, 0.717) is 0 Å². The van der Waals surface area contributed by atoms with Crippen molar-refractivity contribution in [3.8, 4) is 5.88 Å². The molecule has 17 heavy (non-hydrogen) atoms. The first kappa shape index (κ1) is 12.9. The van der Waals surface area contributed by atoms with Gasteiger partial charge in [-0.3, -0.25) is 19.6 Å². The summed E-state index contributed by atoms with van der Waals surface area (Å²) in [6.45, 7) is -0.224. The highest BCUT2D eigenvalue weighted by Gasteiger charge is 2.20. The fourth-order valence-corrected chi connectivity index (χ4v) is 1.14. The Hall–Kier alpha value is -2.16. The van der Waals surface area contributed by atoms with Crippen molar-refractivity contribution in [2.75, 3.05) is 20.3 Å². The van der Waals surface area contributed by atoms with Gasteiger partial charge in [-0.2, -0.15) is 0 Å². The van der Waals surface area contributed by atoms with Crippen molar-refractivity contribution in [2.45, 2.75) is 6.54 Å². The summed E-state index contributed by atoms with van der Waals surface area (Å²) < 4.78 is 5.81. The first-order valence-electron chi connectivity index (χ1n) is 4.72. The molecule has 0 aliphatic rings. The zero-order chi connectivity index (χ0) is 12.8. The molecular formula is C8H12N4O5. The van der Waals surface area contributed by atoms with Gasteiger partial charge in [-0.25, -0.2) is 0 Å². The van der Waals surface area contributed by atoms with Crippen LogP contribution in [0.3, 0.4) is 0 Å². The lowest BCUT2D eigenvalue weighted by Crippen LogP contribution is -2.30. The first-order chi connectivity index (χ1) is 8.08. The van der Waals surface area contributed by atoms with Gasteiger partial charge in [0.15, 0.2) is 0 Å². The van der Waals surface area contributed by atoms with Crippen molar-refractivity contribution in [1.29, 1.82) is 0 Å². The summed E-state index contributed by atoms with van der Waals surface area (Å²) in [5.41, 5.74) is -0.303. The van der Waals surface area contributed by atoms with Gasteiger partial charge in [0, 0.05) is 6.54 Å². The van der Waals surface area contributed by atoms with Gasteiger partial charge in [-0.05, 0) is 0 Å². The predicted molar refractivity (Wildman–Crippen MR) is 55.5 cm³/mol. The summed E-state index contributed by atoms with van der Waals surface area (Å²) in [6, 6.07) is 0. The van der Waals surface area contributed by atoms with Crippen LogP contribution in [0.2, 0.25) is 0 Å². The number of nitro groups is 1. The Morgan fingerprint density at radius 3 is 2.94 bits per heavy atom. The molecule has 0 aromatic carbocycles. The smallest absolute Gasteiger partial charge is 0.350 e. The standard InChI is InChI=1S/C8H12N4O5/c1-17-8-6(12(15)16)4-11(10-8)5-7(14)9-2-3-13/h4,13H,2-3,5H2,1H3,(H,9,14). The number of nitrogens with zero attached hydrogens (tertiary/aromatic N) is 3. The molecular weight excluding hydrogens is 232 g/mol. The third kappa shape index (κ3) is 3.41. The number of aliphatic hydroxyl groups excluding tert-OH is 1. The Kier molecular flexibility index (Phi) is 4.40. The number of nitrogens with one attached hydrogen (secondary N) is 1. The van der Waals surface area contributed by atoms with Gasteiger partial charge >= 0.3 is 11.6 Å².